The summed E-state index contributed by atoms with van der Waals surface area (Å²) in [6.07, 6.45) is 8.16. The summed E-state index contributed by atoms with van der Waals surface area (Å²) >= 11 is 0. The van der Waals surface area contributed by atoms with Crippen LogP contribution in [-0.4, -0.2) is 79.2 Å². The molecule has 1 aliphatic rings. The van der Waals surface area contributed by atoms with Crippen molar-refractivity contribution in [2.45, 2.75) is 123 Å². The average Bonchev–Trinajstić information content (AvgIpc) is 2.93. The molecule has 0 spiro atoms. The Morgan fingerprint density at radius 2 is 1.64 bits per heavy atom. The van der Waals surface area contributed by atoms with Crippen LogP contribution in [0.5, 0.6) is 0 Å². The third-order valence-corrected chi connectivity index (χ3v) is 8.03. The number of primary amides is 1. The first-order valence-corrected chi connectivity index (χ1v) is 16.0. The van der Waals surface area contributed by atoms with Gasteiger partial charge >= 0.3 is 0 Å². The number of carbonyl (C=O) groups is 5. The van der Waals surface area contributed by atoms with Crippen LogP contribution in [0.2, 0.25) is 0 Å². The zero-order valence-corrected chi connectivity index (χ0v) is 26.9. The van der Waals surface area contributed by atoms with Crippen LogP contribution >= 0.6 is 0 Å². The maximum atomic E-state index is 13.7. The molecule has 0 aromatic heterocycles. The van der Waals surface area contributed by atoms with Crippen LogP contribution in [0.25, 0.3) is 0 Å². The van der Waals surface area contributed by atoms with Crippen molar-refractivity contribution in [2.75, 3.05) is 26.7 Å². The molecule has 0 saturated carbocycles. The zero-order chi connectivity index (χ0) is 31.7. The van der Waals surface area contributed by atoms with Gasteiger partial charge in [-0.15, -0.1) is 0 Å². The molecule has 1 rings (SSSR count). The van der Waals surface area contributed by atoms with E-state index in [0.717, 1.165) is 58.0 Å². The normalized spacial score (nSPS) is 17.9. The van der Waals surface area contributed by atoms with Crippen molar-refractivity contribution in [3.63, 3.8) is 0 Å². The van der Waals surface area contributed by atoms with E-state index in [4.69, 9.17) is 5.73 Å². The summed E-state index contributed by atoms with van der Waals surface area (Å²) in [7, 11) is 1.58. The van der Waals surface area contributed by atoms with Gasteiger partial charge in [0.25, 0.3) is 0 Å². The highest BCUT2D eigenvalue weighted by Crippen LogP contribution is 2.19. The second-order valence-corrected chi connectivity index (χ2v) is 12.4. The van der Waals surface area contributed by atoms with Crippen molar-refractivity contribution in [3.8, 4) is 0 Å². The van der Waals surface area contributed by atoms with Crippen molar-refractivity contribution >= 4 is 29.5 Å². The number of amides is 5. The van der Waals surface area contributed by atoms with Gasteiger partial charge in [0.15, 0.2) is 0 Å². The van der Waals surface area contributed by atoms with Crippen molar-refractivity contribution in [1.82, 2.24) is 26.2 Å². The highest BCUT2D eigenvalue weighted by atomic mass is 16.2. The quantitative estimate of drug-likeness (QED) is 0.136. The Kier molecular flexibility index (Phi) is 18.0. The first-order valence-electron chi connectivity index (χ1n) is 16.0. The molecule has 1 saturated heterocycles. The molecule has 0 radical (unpaired) electrons. The lowest BCUT2D eigenvalue weighted by Crippen LogP contribution is -2.57. The van der Waals surface area contributed by atoms with Crippen molar-refractivity contribution in [1.29, 1.82) is 0 Å². The third-order valence-electron chi connectivity index (χ3n) is 8.03. The molecule has 5 amide bonds. The molecule has 11 heteroatoms. The molecule has 6 N–H and O–H groups in total. The van der Waals surface area contributed by atoms with Crippen LogP contribution in [0.1, 0.15) is 105 Å². The largest absolute Gasteiger partial charge is 0.368 e. The van der Waals surface area contributed by atoms with E-state index < -0.39 is 24.0 Å². The average molecular weight is 595 g/mol. The Bertz CT molecular complexity index is 861. The Labute approximate surface area is 253 Å². The van der Waals surface area contributed by atoms with E-state index in [1.54, 1.807) is 7.05 Å². The van der Waals surface area contributed by atoms with Crippen LogP contribution in [0.15, 0.2) is 0 Å². The summed E-state index contributed by atoms with van der Waals surface area (Å²) in [6.45, 7) is 11.6. The number of carbonyl (C=O) groups excluding carboxylic acids is 5. The van der Waals surface area contributed by atoms with E-state index in [-0.39, 0.29) is 41.4 Å². The van der Waals surface area contributed by atoms with Crippen molar-refractivity contribution in [3.05, 3.63) is 0 Å². The minimum absolute atomic E-state index is 0.0487. The molecule has 0 aromatic rings. The number of unbranched alkanes of at least 4 members (excludes halogenated alkanes) is 3. The summed E-state index contributed by atoms with van der Waals surface area (Å²) in [4.78, 5) is 65.1. The number of hydrogen-bond donors (Lipinski definition) is 5. The van der Waals surface area contributed by atoms with Crippen LogP contribution in [0, 0.1) is 17.8 Å². The SMILES string of the molecule is CCCC[C@@H](C(N)=O)N(C)C(=O)[C@H](CC1CCCNC1)NC(=O)[C@H](CC(C)C)NC(=O)[C@@H](C)CCCCCNC(C)=O. The molecule has 1 heterocycles. The van der Waals surface area contributed by atoms with Gasteiger partial charge in [-0.1, -0.05) is 53.4 Å². The van der Waals surface area contributed by atoms with Crippen LogP contribution in [-0.2, 0) is 24.0 Å². The number of piperidine rings is 1. The van der Waals surface area contributed by atoms with Gasteiger partial charge in [-0.05, 0) is 69.9 Å². The topological polar surface area (TPSA) is 163 Å². The van der Waals surface area contributed by atoms with Gasteiger partial charge in [0.2, 0.25) is 29.5 Å². The lowest BCUT2D eigenvalue weighted by atomic mass is 9.91. The van der Waals surface area contributed by atoms with Gasteiger partial charge in [-0.2, -0.15) is 0 Å². The van der Waals surface area contributed by atoms with E-state index in [0.29, 0.717) is 32.2 Å². The van der Waals surface area contributed by atoms with Crippen LogP contribution in [0.3, 0.4) is 0 Å². The Balaban J connectivity index is 2.96. The molecular weight excluding hydrogens is 536 g/mol. The van der Waals surface area contributed by atoms with Gasteiger partial charge in [0.05, 0.1) is 0 Å². The predicted molar refractivity (Wildman–Crippen MR) is 165 cm³/mol. The lowest BCUT2D eigenvalue weighted by molar-refractivity contribution is -0.142. The standard InChI is InChI=1S/C31H58N6O5/c1-7-8-15-27(28(32)39)37(6)31(42)26(19-24-14-12-16-33-20-24)36-30(41)25(18-21(2)3)35-29(40)22(4)13-10-9-11-17-34-23(5)38/h21-22,24-27,33H,7-20H2,1-6H3,(H2,32,39)(H,34,38)(H,35,40)(H,36,41)/t22-,24?,25-,26-,27-/m0/s1. The van der Waals surface area contributed by atoms with Crippen LogP contribution in [0.4, 0.5) is 0 Å². The fraction of sp³-hybridized carbons (Fsp3) is 0.839. The first-order chi connectivity index (χ1) is 19.9. The number of nitrogens with two attached hydrogens (primary N) is 1. The molecule has 5 atom stereocenters. The van der Waals surface area contributed by atoms with E-state index >= 15 is 0 Å². The van der Waals surface area contributed by atoms with Gasteiger partial charge in [0, 0.05) is 26.4 Å². The number of hydrogen-bond acceptors (Lipinski definition) is 6. The summed E-state index contributed by atoms with van der Waals surface area (Å²) in [6, 6.07) is -2.35. The molecule has 242 valence electrons. The second-order valence-electron chi connectivity index (χ2n) is 12.4. The summed E-state index contributed by atoms with van der Waals surface area (Å²) in [5, 5.41) is 12.0. The van der Waals surface area contributed by atoms with Crippen molar-refractivity contribution < 1.29 is 24.0 Å². The molecule has 1 fully saturated rings. The number of nitrogens with zero attached hydrogens (tertiary/aromatic N) is 1. The fourth-order valence-corrected chi connectivity index (χ4v) is 5.44. The van der Waals surface area contributed by atoms with Crippen LogP contribution < -0.4 is 27.0 Å². The Morgan fingerprint density at radius 1 is 0.952 bits per heavy atom. The number of nitrogens with one attached hydrogen (secondary N) is 4. The minimum atomic E-state index is -0.830. The summed E-state index contributed by atoms with van der Waals surface area (Å²) < 4.78 is 0. The molecule has 0 aliphatic carbocycles. The highest BCUT2D eigenvalue weighted by molar-refractivity contribution is 5.94. The third kappa shape index (κ3) is 14.5. The lowest BCUT2D eigenvalue weighted by Gasteiger charge is -2.33. The summed E-state index contributed by atoms with van der Waals surface area (Å²) in [5.41, 5.74) is 5.66. The molecule has 0 aromatic carbocycles. The fourth-order valence-electron chi connectivity index (χ4n) is 5.44. The van der Waals surface area contributed by atoms with E-state index in [9.17, 15) is 24.0 Å². The smallest absolute Gasteiger partial charge is 0.245 e. The Morgan fingerprint density at radius 3 is 2.21 bits per heavy atom. The van der Waals surface area contributed by atoms with E-state index in [1.165, 1.54) is 11.8 Å². The van der Waals surface area contributed by atoms with E-state index in [1.807, 2.05) is 27.7 Å². The molecule has 42 heavy (non-hydrogen) atoms. The van der Waals surface area contributed by atoms with Gasteiger partial charge < -0.3 is 31.9 Å². The Hall–Kier alpha value is -2.69. The highest BCUT2D eigenvalue weighted by Gasteiger charge is 2.34. The van der Waals surface area contributed by atoms with Crippen molar-refractivity contribution in [2.24, 2.45) is 23.5 Å². The minimum Gasteiger partial charge on any atom is -0.368 e. The number of likely N-dealkylation sites (N-methyl/N-ethyl adjacent to an activating group) is 1. The van der Waals surface area contributed by atoms with E-state index in [2.05, 4.69) is 21.3 Å². The molecule has 1 aliphatic heterocycles. The monoisotopic (exact) mass is 594 g/mol. The second kappa shape index (κ2) is 20.3. The molecule has 11 nitrogen and oxygen atoms in total. The zero-order valence-electron chi connectivity index (χ0n) is 26.9. The van der Waals surface area contributed by atoms with Gasteiger partial charge in [0.1, 0.15) is 18.1 Å². The maximum Gasteiger partial charge on any atom is 0.245 e. The molecule has 1 unspecified atom stereocenters. The van der Waals surface area contributed by atoms with Gasteiger partial charge in [-0.25, -0.2) is 0 Å². The first kappa shape index (κ1) is 37.3. The number of rotatable bonds is 20. The molecule has 0 bridgehead atoms. The summed E-state index contributed by atoms with van der Waals surface area (Å²) in [5.74, 6) is -1.46. The maximum absolute atomic E-state index is 13.7. The molecular formula is C31H58N6O5. The van der Waals surface area contributed by atoms with Gasteiger partial charge in [-0.3, -0.25) is 24.0 Å². The predicted octanol–water partition coefficient (Wildman–Crippen LogP) is 2.23.